The van der Waals surface area contributed by atoms with Crippen molar-refractivity contribution in [2.75, 3.05) is 6.61 Å². The van der Waals surface area contributed by atoms with Crippen molar-refractivity contribution in [2.24, 2.45) is 0 Å². The summed E-state index contributed by atoms with van der Waals surface area (Å²) < 4.78 is 0. The van der Waals surface area contributed by atoms with E-state index in [-0.39, 0.29) is 0 Å². The Labute approximate surface area is 97.6 Å². The molecule has 0 heterocycles. The van der Waals surface area contributed by atoms with Gasteiger partial charge in [-0.25, -0.2) is 0 Å². The largest absolute Gasteiger partial charge is 0.396 e. The Morgan fingerprint density at radius 1 is 1.00 bits per heavy atom. The molecule has 3 heteroatoms. The Morgan fingerprint density at radius 2 is 1.53 bits per heavy atom. The lowest BCUT2D eigenvalue weighted by atomic mass is 10.5. The Balaban J connectivity index is 3.79. The lowest BCUT2D eigenvalue weighted by Gasteiger charge is -2.24. The molecule has 0 aromatic rings. The maximum absolute atomic E-state index is 8.84. The Bertz CT molecular complexity index is 188. The highest BCUT2D eigenvalue weighted by molar-refractivity contribution is 6.82. The summed E-state index contributed by atoms with van der Waals surface area (Å²) in [5, 5.41) is 8.84. The molecule has 0 fully saturated rings. The highest BCUT2D eigenvalue weighted by atomic mass is 28.3. The van der Waals surface area contributed by atoms with Gasteiger partial charge in [0.25, 0.3) is 0 Å². The molecule has 0 aliphatic carbocycles. The maximum atomic E-state index is 8.84. The average molecular weight is 245 g/mol. The van der Waals surface area contributed by atoms with Crippen molar-refractivity contribution in [2.45, 2.75) is 57.2 Å². The second kappa shape index (κ2) is 6.66. The molecule has 0 amide bonds. The summed E-state index contributed by atoms with van der Waals surface area (Å²) in [5.41, 5.74) is 2.20. The summed E-state index contributed by atoms with van der Waals surface area (Å²) in [4.78, 5) is 0. The molecule has 0 unspecified atom stereocenters. The van der Waals surface area contributed by atoms with Crippen LogP contribution >= 0.6 is 0 Å². The standard InChI is InChI=1S/C12H28OSi2/c1-6-14(2,3)11-8-12-15(4,5)10-7-9-13/h6,13H,1,7-12H2,2-5H3. The molecule has 15 heavy (non-hydrogen) atoms. The van der Waals surface area contributed by atoms with Gasteiger partial charge < -0.3 is 5.11 Å². The van der Waals surface area contributed by atoms with Gasteiger partial charge in [-0.1, -0.05) is 50.7 Å². The van der Waals surface area contributed by atoms with Crippen LogP contribution in [0.3, 0.4) is 0 Å². The van der Waals surface area contributed by atoms with Crippen molar-refractivity contribution < 1.29 is 5.11 Å². The first kappa shape index (κ1) is 15.1. The van der Waals surface area contributed by atoms with E-state index in [1.54, 1.807) is 0 Å². The van der Waals surface area contributed by atoms with E-state index in [1.165, 1.54) is 24.6 Å². The van der Waals surface area contributed by atoms with Gasteiger partial charge >= 0.3 is 0 Å². The van der Waals surface area contributed by atoms with Gasteiger partial charge in [0.05, 0.1) is 8.07 Å². The first-order valence-electron chi connectivity index (χ1n) is 6.07. The van der Waals surface area contributed by atoms with Crippen LogP contribution in [0.4, 0.5) is 0 Å². The summed E-state index contributed by atoms with van der Waals surface area (Å²) in [6, 6.07) is 4.07. The van der Waals surface area contributed by atoms with Gasteiger partial charge in [-0.05, 0) is 6.42 Å². The summed E-state index contributed by atoms with van der Waals surface area (Å²) in [7, 11) is -2.08. The number of hydrogen-bond donors (Lipinski definition) is 1. The van der Waals surface area contributed by atoms with Crippen LogP contribution in [0.2, 0.25) is 44.3 Å². The molecular weight excluding hydrogens is 216 g/mol. The highest BCUT2D eigenvalue weighted by Crippen LogP contribution is 2.23. The molecule has 0 radical (unpaired) electrons. The van der Waals surface area contributed by atoms with Crippen LogP contribution in [0.25, 0.3) is 0 Å². The van der Waals surface area contributed by atoms with Crippen LogP contribution in [0, 0.1) is 0 Å². The second-order valence-corrected chi connectivity index (χ2v) is 16.3. The second-order valence-electron chi connectivity index (χ2n) is 6.04. The zero-order valence-corrected chi connectivity index (χ0v) is 13.0. The summed E-state index contributed by atoms with van der Waals surface area (Å²) in [6.45, 7) is 14.0. The van der Waals surface area contributed by atoms with Crippen LogP contribution in [-0.2, 0) is 0 Å². The molecule has 0 bridgehead atoms. The van der Waals surface area contributed by atoms with E-state index in [0.29, 0.717) is 6.61 Å². The number of rotatable bonds is 8. The molecule has 0 aromatic heterocycles. The zero-order valence-electron chi connectivity index (χ0n) is 11.0. The van der Waals surface area contributed by atoms with Gasteiger partial charge in [0, 0.05) is 14.7 Å². The lowest BCUT2D eigenvalue weighted by molar-refractivity contribution is 0.294. The van der Waals surface area contributed by atoms with Crippen molar-refractivity contribution in [3.63, 3.8) is 0 Å². The summed E-state index contributed by atoms with van der Waals surface area (Å²) in [6.07, 6.45) is 2.37. The number of hydrogen-bond acceptors (Lipinski definition) is 1. The lowest BCUT2D eigenvalue weighted by Crippen LogP contribution is -2.27. The Morgan fingerprint density at radius 3 is 2.00 bits per heavy atom. The van der Waals surface area contributed by atoms with Gasteiger partial charge in [0.15, 0.2) is 0 Å². The Kier molecular flexibility index (Phi) is 6.72. The number of aliphatic hydroxyl groups is 1. The molecular formula is C12H28OSi2. The normalized spacial score (nSPS) is 12.9. The molecule has 0 saturated carbocycles. The zero-order chi connectivity index (χ0) is 11.9. The molecule has 0 aliphatic heterocycles. The highest BCUT2D eigenvalue weighted by Gasteiger charge is 2.22. The monoisotopic (exact) mass is 244 g/mol. The van der Waals surface area contributed by atoms with Gasteiger partial charge in [0.2, 0.25) is 0 Å². The molecule has 0 aliphatic rings. The minimum Gasteiger partial charge on any atom is -0.396 e. The third kappa shape index (κ3) is 7.99. The van der Waals surface area contributed by atoms with Crippen LogP contribution in [0.15, 0.2) is 12.3 Å². The first-order valence-corrected chi connectivity index (χ1v) is 12.8. The molecule has 1 N–H and O–H groups in total. The molecule has 0 saturated heterocycles. The third-order valence-electron chi connectivity index (χ3n) is 3.24. The van der Waals surface area contributed by atoms with Crippen molar-refractivity contribution in [3.05, 3.63) is 12.3 Å². The van der Waals surface area contributed by atoms with Crippen molar-refractivity contribution in [1.82, 2.24) is 0 Å². The van der Waals surface area contributed by atoms with E-state index in [1.807, 2.05) is 0 Å². The fourth-order valence-electron chi connectivity index (χ4n) is 1.81. The third-order valence-corrected chi connectivity index (χ3v) is 9.40. The predicted octanol–water partition coefficient (Wildman–Crippen LogP) is 3.90. The van der Waals surface area contributed by atoms with Crippen LogP contribution in [-0.4, -0.2) is 27.9 Å². The maximum Gasteiger partial charge on any atom is 0.0709 e. The van der Waals surface area contributed by atoms with E-state index in [4.69, 9.17) is 5.11 Å². The smallest absolute Gasteiger partial charge is 0.0709 e. The van der Waals surface area contributed by atoms with Gasteiger partial charge in [-0.15, -0.1) is 12.3 Å². The predicted molar refractivity (Wildman–Crippen MR) is 75.9 cm³/mol. The topological polar surface area (TPSA) is 20.2 Å². The Hall–Kier alpha value is 0.134. The molecule has 0 atom stereocenters. The van der Waals surface area contributed by atoms with E-state index >= 15 is 0 Å². The minimum absolute atomic E-state index is 0.364. The molecule has 0 rings (SSSR count). The van der Waals surface area contributed by atoms with E-state index in [0.717, 1.165) is 6.42 Å². The van der Waals surface area contributed by atoms with Crippen molar-refractivity contribution in [1.29, 1.82) is 0 Å². The fraction of sp³-hybridized carbons (Fsp3) is 0.833. The van der Waals surface area contributed by atoms with E-state index in [2.05, 4.69) is 38.5 Å². The van der Waals surface area contributed by atoms with E-state index in [9.17, 15) is 0 Å². The van der Waals surface area contributed by atoms with Gasteiger partial charge in [-0.3, -0.25) is 0 Å². The van der Waals surface area contributed by atoms with Crippen molar-refractivity contribution >= 4 is 16.1 Å². The average Bonchev–Trinajstić information content (AvgIpc) is 2.14. The molecule has 90 valence electrons. The van der Waals surface area contributed by atoms with Crippen LogP contribution in [0.1, 0.15) is 12.8 Å². The SMILES string of the molecule is C=C[Si](C)(C)CCC[Si](C)(C)CCCO. The van der Waals surface area contributed by atoms with Gasteiger partial charge in [-0.2, -0.15) is 0 Å². The van der Waals surface area contributed by atoms with Gasteiger partial charge in [0.1, 0.15) is 0 Å². The molecule has 1 nitrogen and oxygen atoms in total. The quantitative estimate of drug-likeness (QED) is 0.642. The first-order chi connectivity index (χ1) is 6.83. The van der Waals surface area contributed by atoms with Crippen molar-refractivity contribution in [3.8, 4) is 0 Å². The van der Waals surface area contributed by atoms with E-state index < -0.39 is 16.1 Å². The molecule has 0 aromatic carbocycles. The summed E-state index contributed by atoms with van der Waals surface area (Å²) in [5.74, 6) is 0. The van der Waals surface area contributed by atoms with Crippen LogP contribution in [0.5, 0.6) is 0 Å². The number of aliphatic hydroxyl groups excluding tert-OH is 1. The summed E-state index contributed by atoms with van der Waals surface area (Å²) >= 11 is 0. The molecule has 0 spiro atoms. The minimum atomic E-state index is -1.07. The van der Waals surface area contributed by atoms with Crippen LogP contribution < -0.4 is 0 Å². The fourth-order valence-corrected chi connectivity index (χ4v) is 5.95.